The summed E-state index contributed by atoms with van der Waals surface area (Å²) in [5.41, 5.74) is 2.66. The lowest BCUT2D eigenvalue weighted by atomic mass is 9.95. The van der Waals surface area contributed by atoms with E-state index in [2.05, 4.69) is 4.98 Å². The summed E-state index contributed by atoms with van der Waals surface area (Å²) < 4.78 is 5.35. The van der Waals surface area contributed by atoms with E-state index < -0.39 is 17.7 Å². The molecule has 0 aliphatic carbocycles. The van der Waals surface area contributed by atoms with E-state index in [1.165, 1.54) is 12.0 Å². The average Bonchev–Trinajstić information content (AvgIpc) is 3.09. The van der Waals surface area contributed by atoms with E-state index >= 15 is 0 Å². The lowest BCUT2D eigenvalue weighted by Crippen LogP contribution is -2.29. The van der Waals surface area contributed by atoms with E-state index in [1.54, 1.807) is 48.8 Å². The molecule has 0 bridgehead atoms. The molecule has 1 fully saturated rings. The molecule has 4 rings (SSSR count). The zero-order chi connectivity index (χ0) is 22.0. The number of amides is 1. The Morgan fingerprint density at radius 1 is 1.06 bits per heavy atom. The van der Waals surface area contributed by atoms with Crippen molar-refractivity contribution in [3.8, 4) is 5.75 Å². The molecule has 1 atom stereocenters. The van der Waals surface area contributed by atoms with Gasteiger partial charge < -0.3 is 9.84 Å². The van der Waals surface area contributed by atoms with Crippen LogP contribution in [0.25, 0.3) is 5.76 Å². The first-order valence-corrected chi connectivity index (χ1v) is 10.00. The lowest BCUT2D eigenvalue weighted by Gasteiger charge is -2.25. The van der Waals surface area contributed by atoms with E-state index in [0.717, 1.165) is 12.0 Å². The fraction of sp³-hybridized carbons (Fsp3) is 0.160. The Labute approximate surface area is 180 Å². The van der Waals surface area contributed by atoms with E-state index in [0.29, 0.717) is 22.6 Å². The van der Waals surface area contributed by atoms with Crippen LogP contribution in [0.4, 0.5) is 5.69 Å². The number of ketones is 1. The van der Waals surface area contributed by atoms with E-state index in [-0.39, 0.29) is 11.3 Å². The molecule has 2 heterocycles. The summed E-state index contributed by atoms with van der Waals surface area (Å²) in [6, 6.07) is 17.0. The second-order valence-electron chi connectivity index (χ2n) is 7.18. The number of methoxy groups -OCH3 is 1. The zero-order valence-electron chi connectivity index (χ0n) is 17.3. The van der Waals surface area contributed by atoms with Gasteiger partial charge in [0.1, 0.15) is 11.5 Å². The Morgan fingerprint density at radius 2 is 1.81 bits per heavy atom. The molecular formula is C25H22N2O4. The third-order valence-electron chi connectivity index (χ3n) is 5.43. The molecule has 1 aromatic heterocycles. The largest absolute Gasteiger partial charge is 0.507 e. The maximum atomic E-state index is 13.1. The van der Waals surface area contributed by atoms with Crippen LogP contribution in [-0.4, -0.2) is 28.9 Å². The van der Waals surface area contributed by atoms with Crippen LogP contribution in [0.3, 0.4) is 0 Å². The highest BCUT2D eigenvalue weighted by Crippen LogP contribution is 2.43. The van der Waals surface area contributed by atoms with Crippen LogP contribution in [0.5, 0.6) is 5.75 Å². The van der Waals surface area contributed by atoms with Gasteiger partial charge in [-0.3, -0.25) is 19.5 Å². The number of aryl methyl sites for hydroxylation is 1. The maximum Gasteiger partial charge on any atom is 0.300 e. The number of benzene rings is 2. The number of Topliss-reactive ketones (excluding diaryl/α,β-unsaturated/α-hetero) is 1. The Kier molecular flexibility index (Phi) is 5.54. The van der Waals surface area contributed by atoms with Gasteiger partial charge in [-0.2, -0.15) is 0 Å². The van der Waals surface area contributed by atoms with Crippen molar-refractivity contribution in [1.29, 1.82) is 0 Å². The number of nitrogens with zero attached hydrogens (tertiary/aromatic N) is 2. The number of aromatic nitrogens is 1. The predicted octanol–water partition coefficient (Wildman–Crippen LogP) is 4.28. The number of carbonyl (C=O) groups is 2. The molecule has 1 saturated heterocycles. The summed E-state index contributed by atoms with van der Waals surface area (Å²) in [6.07, 6.45) is 4.07. The predicted molar refractivity (Wildman–Crippen MR) is 118 cm³/mol. The van der Waals surface area contributed by atoms with Gasteiger partial charge in [0.2, 0.25) is 0 Å². The highest BCUT2D eigenvalue weighted by Gasteiger charge is 2.47. The molecule has 3 aromatic rings. The van der Waals surface area contributed by atoms with E-state index in [4.69, 9.17) is 4.74 Å². The van der Waals surface area contributed by atoms with Gasteiger partial charge in [0.05, 0.1) is 24.3 Å². The van der Waals surface area contributed by atoms with Crippen molar-refractivity contribution in [2.24, 2.45) is 0 Å². The topological polar surface area (TPSA) is 79.7 Å². The molecule has 0 saturated carbocycles. The Balaban J connectivity index is 1.94. The maximum absolute atomic E-state index is 13.1. The number of para-hydroxylation sites is 1. The summed E-state index contributed by atoms with van der Waals surface area (Å²) in [5, 5.41) is 11.2. The molecule has 6 nitrogen and oxygen atoms in total. The van der Waals surface area contributed by atoms with Gasteiger partial charge in [0.25, 0.3) is 11.7 Å². The first-order chi connectivity index (χ1) is 15.1. The van der Waals surface area contributed by atoms with Crippen LogP contribution in [0.1, 0.15) is 29.7 Å². The van der Waals surface area contributed by atoms with Crippen LogP contribution in [0.2, 0.25) is 0 Å². The third-order valence-corrected chi connectivity index (χ3v) is 5.43. The number of aliphatic hydroxyl groups excluding tert-OH is 1. The number of aliphatic hydroxyl groups is 1. The Morgan fingerprint density at radius 3 is 2.45 bits per heavy atom. The minimum Gasteiger partial charge on any atom is -0.507 e. The highest BCUT2D eigenvalue weighted by molar-refractivity contribution is 6.51. The number of anilines is 1. The van der Waals surface area contributed by atoms with Crippen molar-refractivity contribution in [2.75, 3.05) is 12.0 Å². The quantitative estimate of drug-likeness (QED) is 0.383. The minimum absolute atomic E-state index is 0.00191. The smallest absolute Gasteiger partial charge is 0.300 e. The fourth-order valence-electron chi connectivity index (χ4n) is 3.83. The number of hydrogen-bond donors (Lipinski definition) is 1. The number of carbonyl (C=O) groups excluding carboxylic acids is 2. The first kappa shape index (κ1) is 20.3. The molecule has 1 N–H and O–H groups in total. The van der Waals surface area contributed by atoms with Crippen LogP contribution in [0.15, 0.2) is 78.6 Å². The second-order valence-corrected chi connectivity index (χ2v) is 7.18. The summed E-state index contributed by atoms with van der Waals surface area (Å²) in [5.74, 6) is -1.33. The molecule has 31 heavy (non-hydrogen) atoms. The van der Waals surface area contributed by atoms with Crippen LogP contribution in [-0.2, 0) is 16.0 Å². The summed E-state index contributed by atoms with van der Waals surface area (Å²) >= 11 is 0. The average molecular weight is 414 g/mol. The van der Waals surface area contributed by atoms with Crippen LogP contribution in [0, 0.1) is 0 Å². The normalized spacial score (nSPS) is 17.7. The van der Waals surface area contributed by atoms with Crippen LogP contribution >= 0.6 is 0 Å². The Bertz CT molecular complexity index is 1150. The van der Waals surface area contributed by atoms with Crippen molar-refractivity contribution in [3.63, 3.8) is 0 Å². The standard InChI is InChI=1S/C25H22N2O4/c1-3-16-10-12-18(13-11-16)27-22(17-7-6-14-26-15-17)21(24(29)25(27)30)23(28)19-8-4-5-9-20(19)31-2/h4-15,22,28H,3H2,1-2H3/b23-21-. The summed E-state index contributed by atoms with van der Waals surface area (Å²) in [4.78, 5) is 31.8. The molecule has 1 amide bonds. The molecule has 1 aliphatic heterocycles. The summed E-state index contributed by atoms with van der Waals surface area (Å²) in [6.45, 7) is 2.05. The van der Waals surface area contributed by atoms with Crippen LogP contribution < -0.4 is 9.64 Å². The SMILES string of the molecule is CCc1ccc(N2C(=O)C(=O)/C(=C(\O)c3ccccc3OC)C2c2cccnc2)cc1. The van der Waals surface area contributed by atoms with Crippen molar-refractivity contribution >= 4 is 23.1 Å². The number of rotatable bonds is 5. The van der Waals surface area contributed by atoms with Gasteiger partial charge in [0, 0.05) is 18.1 Å². The van der Waals surface area contributed by atoms with Gasteiger partial charge in [-0.1, -0.05) is 37.3 Å². The lowest BCUT2D eigenvalue weighted by molar-refractivity contribution is -0.132. The molecule has 1 unspecified atom stereocenters. The molecule has 0 radical (unpaired) electrons. The van der Waals surface area contributed by atoms with E-state index in [9.17, 15) is 14.7 Å². The zero-order valence-corrected chi connectivity index (χ0v) is 17.3. The highest BCUT2D eigenvalue weighted by atomic mass is 16.5. The van der Waals surface area contributed by atoms with Gasteiger partial charge in [-0.25, -0.2) is 0 Å². The number of hydrogen-bond acceptors (Lipinski definition) is 5. The van der Waals surface area contributed by atoms with Crippen molar-refractivity contribution in [2.45, 2.75) is 19.4 Å². The minimum atomic E-state index is -0.814. The number of ether oxygens (including phenoxy) is 1. The monoisotopic (exact) mass is 414 g/mol. The van der Waals surface area contributed by atoms with Crippen molar-refractivity contribution in [1.82, 2.24) is 4.98 Å². The first-order valence-electron chi connectivity index (χ1n) is 10.00. The third kappa shape index (κ3) is 3.57. The van der Waals surface area contributed by atoms with Crippen molar-refractivity contribution < 1.29 is 19.4 Å². The molecule has 156 valence electrons. The van der Waals surface area contributed by atoms with Gasteiger partial charge in [-0.15, -0.1) is 0 Å². The van der Waals surface area contributed by atoms with Crippen molar-refractivity contribution in [3.05, 3.63) is 95.3 Å². The second kappa shape index (κ2) is 8.44. The molecule has 1 aliphatic rings. The summed E-state index contributed by atoms with van der Waals surface area (Å²) in [7, 11) is 1.48. The van der Waals surface area contributed by atoms with Gasteiger partial charge in [-0.05, 0) is 47.9 Å². The molecular weight excluding hydrogens is 392 g/mol. The van der Waals surface area contributed by atoms with Gasteiger partial charge in [0.15, 0.2) is 0 Å². The van der Waals surface area contributed by atoms with Gasteiger partial charge >= 0.3 is 0 Å². The molecule has 2 aromatic carbocycles. The number of pyridine rings is 1. The molecule has 6 heteroatoms. The fourth-order valence-corrected chi connectivity index (χ4v) is 3.83. The Hall–Kier alpha value is -3.93. The molecule has 0 spiro atoms. The van der Waals surface area contributed by atoms with E-state index in [1.807, 2.05) is 31.2 Å².